The van der Waals surface area contributed by atoms with Crippen molar-refractivity contribution in [3.05, 3.63) is 33.2 Å². The van der Waals surface area contributed by atoms with Gasteiger partial charge in [0, 0.05) is 23.7 Å². The average Bonchev–Trinajstić information content (AvgIpc) is 2.95. The molecule has 0 fully saturated rings. The fourth-order valence-electron chi connectivity index (χ4n) is 2.38. The summed E-state index contributed by atoms with van der Waals surface area (Å²) in [6.07, 6.45) is 2.25. The summed E-state index contributed by atoms with van der Waals surface area (Å²) in [5.41, 5.74) is 9.21. The number of hydrogen-bond acceptors (Lipinski definition) is 6. The molecule has 1 aliphatic rings. The Labute approximate surface area is 138 Å². The monoisotopic (exact) mass is 336 g/mol. The van der Waals surface area contributed by atoms with Crippen LogP contribution in [0.25, 0.3) is 0 Å². The number of amides is 2. The summed E-state index contributed by atoms with van der Waals surface area (Å²) in [4.78, 5) is 31.4. The van der Waals surface area contributed by atoms with E-state index in [9.17, 15) is 9.59 Å². The predicted molar refractivity (Wildman–Crippen MR) is 88.6 cm³/mol. The summed E-state index contributed by atoms with van der Waals surface area (Å²) >= 11 is 1.28. The Morgan fingerprint density at radius 2 is 2.30 bits per heavy atom. The van der Waals surface area contributed by atoms with E-state index < -0.39 is 5.91 Å². The zero-order valence-corrected chi connectivity index (χ0v) is 13.9. The van der Waals surface area contributed by atoms with Gasteiger partial charge in [-0.2, -0.15) is 0 Å². The van der Waals surface area contributed by atoms with Gasteiger partial charge in [-0.15, -0.1) is 11.3 Å². The van der Waals surface area contributed by atoms with Crippen LogP contribution < -0.4 is 11.2 Å². The van der Waals surface area contributed by atoms with Crippen LogP contribution in [0.15, 0.2) is 22.8 Å². The van der Waals surface area contributed by atoms with Crippen LogP contribution >= 0.6 is 11.3 Å². The van der Waals surface area contributed by atoms with E-state index in [1.165, 1.54) is 11.3 Å². The van der Waals surface area contributed by atoms with Crippen molar-refractivity contribution in [1.82, 2.24) is 10.4 Å². The lowest BCUT2D eigenvalue weighted by atomic mass is 10.1. The number of hydroxylamine groups is 1. The predicted octanol–water partition coefficient (Wildman–Crippen LogP) is 1.08. The van der Waals surface area contributed by atoms with E-state index in [-0.39, 0.29) is 5.91 Å². The number of rotatable bonds is 4. The third kappa shape index (κ3) is 3.96. The highest BCUT2D eigenvalue weighted by Gasteiger charge is 2.26. The third-order valence-corrected chi connectivity index (χ3v) is 4.57. The van der Waals surface area contributed by atoms with Crippen LogP contribution in [0.3, 0.4) is 0 Å². The Morgan fingerprint density at radius 1 is 1.57 bits per heavy atom. The Bertz CT molecular complexity index is 674. The first-order valence-electron chi connectivity index (χ1n) is 7.29. The normalized spacial score (nSPS) is 15.3. The second kappa shape index (κ2) is 7.38. The molecule has 0 spiro atoms. The van der Waals surface area contributed by atoms with E-state index in [0.29, 0.717) is 42.3 Å². The number of nitrogens with two attached hydrogens (primary N) is 1. The molecule has 2 amide bonds. The quantitative estimate of drug-likeness (QED) is 0.434. The molecule has 0 aliphatic carbocycles. The zero-order chi connectivity index (χ0) is 17.0. The maximum Gasteiger partial charge on any atom is 0.284 e. The molecular formula is C15H20N4O3S. The van der Waals surface area contributed by atoms with Crippen LogP contribution in [0, 0.1) is 0 Å². The molecule has 0 atom stereocenters. The molecule has 0 unspecified atom stereocenters. The second-order valence-corrected chi connectivity index (χ2v) is 6.36. The van der Waals surface area contributed by atoms with Gasteiger partial charge in [0.15, 0.2) is 0 Å². The molecule has 0 saturated carbocycles. The van der Waals surface area contributed by atoms with Crippen molar-refractivity contribution in [2.24, 2.45) is 10.7 Å². The highest BCUT2D eigenvalue weighted by molar-refractivity contribution is 7.14. The van der Waals surface area contributed by atoms with E-state index >= 15 is 0 Å². The maximum atomic E-state index is 12.6. The van der Waals surface area contributed by atoms with Crippen molar-refractivity contribution in [2.45, 2.75) is 26.8 Å². The van der Waals surface area contributed by atoms with Crippen molar-refractivity contribution in [1.29, 1.82) is 0 Å². The second-order valence-electron chi connectivity index (χ2n) is 5.22. The van der Waals surface area contributed by atoms with Gasteiger partial charge in [-0.05, 0) is 38.0 Å². The average molecular weight is 336 g/mol. The number of fused-ring (bicyclic) bond motifs is 1. The number of carbonyl (C=O) groups excluding carboxylic acids is 2. The molecule has 124 valence electrons. The van der Waals surface area contributed by atoms with Gasteiger partial charge in [-0.1, -0.05) is 0 Å². The Balaban J connectivity index is 2.19. The van der Waals surface area contributed by atoms with Gasteiger partial charge in [-0.25, -0.2) is 5.48 Å². The fourth-order valence-corrected chi connectivity index (χ4v) is 3.50. The topological polar surface area (TPSA) is 108 Å². The molecule has 4 N–H and O–H groups in total. The first kappa shape index (κ1) is 17.2. The largest absolute Gasteiger partial charge is 0.402 e. The standard InChI is InChI=1S/C15H20N4O3S/c1-3-17-11(6-9(2)16)15(21)19-5-4-10-7-12(14(20)18-22)23-13(10)8-19/h6-7,22H,3-5,8,16H2,1-2H3,(H,18,20). The number of aliphatic imine (C=N–C) groups is 1. The molecular weight excluding hydrogens is 316 g/mol. The van der Waals surface area contributed by atoms with Crippen LogP contribution in [0.2, 0.25) is 0 Å². The summed E-state index contributed by atoms with van der Waals surface area (Å²) in [5, 5.41) is 8.71. The third-order valence-electron chi connectivity index (χ3n) is 3.41. The number of hydrogen-bond donors (Lipinski definition) is 3. The maximum absolute atomic E-state index is 12.6. The summed E-state index contributed by atoms with van der Waals surface area (Å²) in [7, 11) is 0. The summed E-state index contributed by atoms with van der Waals surface area (Å²) in [5.74, 6) is -0.693. The number of carbonyl (C=O) groups is 2. The van der Waals surface area contributed by atoms with Gasteiger partial charge in [0.2, 0.25) is 0 Å². The van der Waals surface area contributed by atoms with Gasteiger partial charge in [-0.3, -0.25) is 19.8 Å². The van der Waals surface area contributed by atoms with Crippen LogP contribution in [0.4, 0.5) is 0 Å². The van der Waals surface area contributed by atoms with Crippen LogP contribution in [-0.4, -0.2) is 40.7 Å². The zero-order valence-electron chi connectivity index (χ0n) is 13.1. The number of allylic oxidation sites excluding steroid dienone is 1. The molecule has 8 heteroatoms. The van der Waals surface area contributed by atoms with Gasteiger partial charge >= 0.3 is 0 Å². The fraction of sp³-hybridized carbons (Fsp3) is 0.400. The molecule has 7 nitrogen and oxygen atoms in total. The molecule has 0 aromatic carbocycles. The van der Waals surface area contributed by atoms with Gasteiger partial charge in [0.1, 0.15) is 5.71 Å². The van der Waals surface area contributed by atoms with E-state index in [1.54, 1.807) is 29.4 Å². The summed E-state index contributed by atoms with van der Waals surface area (Å²) < 4.78 is 0. The van der Waals surface area contributed by atoms with E-state index in [0.717, 1.165) is 10.4 Å². The minimum atomic E-state index is -0.530. The van der Waals surface area contributed by atoms with Gasteiger partial charge in [0.05, 0.1) is 11.4 Å². The van der Waals surface area contributed by atoms with Gasteiger partial charge < -0.3 is 10.6 Å². The molecule has 1 aliphatic heterocycles. The van der Waals surface area contributed by atoms with Gasteiger partial charge in [0.25, 0.3) is 11.8 Å². The molecule has 2 rings (SSSR count). The number of thiophene rings is 1. The Kier molecular flexibility index (Phi) is 5.51. The van der Waals surface area contributed by atoms with Crippen molar-refractivity contribution < 1.29 is 14.8 Å². The molecule has 1 aromatic rings. The smallest absolute Gasteiger partial charge is 0.284 e. The lowest BCUT2D eigenvalue weighted by Gasteiger charge is -2.26. The highest BCUT2D eigenvalue weighted by atomic mass is 32.1. The van der Waals surface area contributed by atoms with Crippen molar-refractivity contribution in [3.63, 3.8) is 0 Å². The first-order chi connectivity index (χ1) is 11.0. The van der Waals surface area contributed by atoms with Crippen molar-refractivity contribution >= 4 is 28.9 Å². The van der Waals surface area contributed by atoms with Crippen LogP contribution in [0.1, 0.15) is 34.0 Å². The molecule has 1 aromatic heterocycles. The summed E-state index contributed by atoms with van der Waals surface area (Å²) in [6, 6.07) is 1.76. The number of nitrogens with zero attached hydrogens (tertiary/aromatic N) is 2. The Hall–Kier alpha value is -2.19. The molecule has 2 heterocycles. The lowest BCUT2D eigenvalue weighted by molar-refractivity contribution is -0.124. The SMILES string of the molecule is CCN=C(C=C(C)N)C(=O)N1CCc2cc(C(=O)NO)sc2C1. The molecule has 0 radical (unpaired) electrons. The van der Waals surface area contributed by atoms with E-state index in [4.69, 9.17) is 10.9 Å². The molecule has 0 bridgehead atoms. The van der Waals surface area contributed by atoms with Crippen LogP contribution in [0.5, 0.6) is 0 Å². The molecule has 23 heavy (non-hydrogen) atoms. The lowest BCUT2D eigenvalue weighted by Crippen LogP contribution is -2.39. The minimum Gasteiger partial charge on any atom is -0.402 e. The number of nitrogens with one attached hydrogen (secondary N) is 1. The minimum absolute atomic E-state index is 0.163. The Morgan fingerprint density at radius 3 is 2.91 bits per heavy atom. The van der Waals surface area contributed by atoms with Crippen LogP contribution in [-0.2, 0) is 17.8 Å². The van der Waals surface area contributed by atoms with E-state index in [1.807, 2.05) is 6.92 Å². The van der Waals surface area contributed by atoms with Crippen molar-refractivity contribution in [3.8, 4) is 0 Å². The van der Waals surface area contributed by atoms with Crippen molar-refractivity contribution in [2.75, 3.05) is 13.1 Å². The highest BCUT2D eigenvalue weighted by Crippen LogP contribution is 2.28. The first-order valence-corrected chi connectivity index (χ1v) is 8.11. The van der Waals surface area contributed by atoms with E-state index in [2.05, 4.69) is 4.99 Å². The summed E-state index contributed by atoms with van der Waals surface area (Å²) in [6.45, 7) is 5.07. The molecule has 0 saturated heterocycles.